The van der Waals surface area contributed by atoms with Gasteiger partial charge in [0, 0.05) is 29.7 Å². The molecule has 0 bridgehead atoms. The van der Waals surface area contributed by atoms with Gasteiger partial charge >= 0.3 is 0 Å². The van der Waals surface area contributed by atoms with Gasteiger partial charge in [0.25, 0.3) is 0 Å². The van der Waals surface area contributed by atoms with Gasteiger partial charge in [0.1, 0.15) is 0 Å². The maximum absolute atomic E-state index is 5.72. The number of nitrogens with zero attached hydrogens (tertiary/aromatic N) is 1. The highest BCUT2D eigenvalue weighted by molar-refractivity contribution is 5.84. The van der Waals surface area contributed by atoms with E-state index in [1.165, 1.54) is 16.5 Å². The first-order valence-electron chi connectivity index (χ1n) is 5.02. The lowest BCUT2D eigenvalue weighted by molar-refractivity contribution is 0.621. The number of rotatable bonds is 2. The molecule has 0 saturated heterocycles. The van der Waals surface area contributed by atoms with Crippen LogP contribution in [0, 0.1) is 0 Å². The molecule has 0 radical (unpaired) electrons. The van der Waals surface area contributed by atoms with Crippen LogP contribution < -0.4 is 5.73 Å². The summed E-state index contributed by atoms with van der Waals surface area (Å²) in [4.78, 5) is 0. The highest BCUT2D eigenvalue weighted by atomic mass is 15.0. The normalized spacial score (nSPS) is 11.4. The topological polar surface area (TPSA) is 30.9 Å². The van der Waals surface area contributed by atoms with Gasteiger partial charge in [0.2, 0.25) is 0 Å². The molecule has 1 aromatic heterocycles. The summed E-state index contributed by atoms with van der Waals surface area (Å²) >= 11 is 0. The Morgan fingerprint density at radius 2 is 2.00 bits per heavy atom. The highest BCUT2D eigenvalue weighted by Crippen LogP contribution is 2.23. The van der Waals surface area contributed by atoms with E-state index in [2.05, 4.69) is 48.9 Å². The Morgan fingerprint density at radius 1 is 1.29 bits per heavy atom. The summed E-state index contributed by atoms with van der Waals surface area (Å²) in [6.45, 7) is 4.99. The number of fused-ring (bicyclic) bond motifs is 1. The van der Waals surface area contributed by atoms with E-state index in [1.807, 2.05) is 0 Å². The first-order chi connectivity index (χ1) is 6.74. The van der Waals surface area contributed by atoms with Crippen LogP contribution in [0.25, 0.3) is 10.9 Å². The first-order valence-corrected chi connectivity index (χ1v) is 5.02. The van der Waals surface area contributed by atoms with Crippen LogP contribution in [0.2, 0.25) is 0 Å². The predicted molar refractivity (Wildman–Crippen MR) is 60.2 cm³/mol. The van der Waals surface area contributed by atoms with Gasteiger partial charge in [0.05, 0.1) is 0 Å². The average Bonchev–Trinajstić information content (AvgIpc) is 2.56. The number of hydrogen-bond acceptors (Lipinski definition) is 1. The summed E-state index contributed by atoms with van der Waals surface area (Å²) in [7, 11) is 0. The first kappa shape index (κ1) is 9.28. The zero-order valence-corrected chi connectivity index (χ0v) is 8.70. The molecule has 74 valence electrons. The molecule has 2 rings (SSSR count). The van der Waals surface area contributed by atoms with Crippen molar-refractivity contribution in [2.45, 2.75) is 26.4 Å². The van der Waals surface area contributed by atoms with Crippen LogP contribution in [-0.4, -0.2) is 4.57 Å². The quantitative estimate of drug-likeness (QED) is 0.771. The Labute approximate surface area is 84.3 Å². The van der Waals surface area contributed by atoms with E-state index in [-0.39, 0.29) is 0 Å². The van der Waals surface area contributed by atoms with E-state index in [0.717, 1.165) is 0 Å². The molecule has 0 aliphatic rings. The molecule has 1 aromatic carbocycles. The summed E-state index contributed by atoms with van der Waals surface area (Å²) < 4.78 is 2.28. The zero-order valence-electron chi connectivity index (χ0n) is 8.70. The molecule has 2 nitrogen and oxygen atoms in total. The molecule has 0 saturated carbocycles. The Morgan fingerprint density at radius 3 is 2.64 bits per heavy atom. The van der Waals surface area contributed by atoms with Gasteiger partial charge in [-0.15, -0.1) is 0 Å². The van der Waals surface area contributed by atoms with Crippen molar-refractivity contribution in [3.8, 4) is 0 Å². The molecular formula is C12H16N2. The van der Waals surface area contributed by atoms with Crippen molar-refractivity contribution in [1.29, 1.82) is 0 Å². The smallest absolute Gasteiger partial charge is 0.0486 e. The third kappa shape index (κ3) is 1.32. The molecule has 14 heavy (non-hydrogen) atoms. The number of hydrogen-bond donors (Lipinski definition) is 1. The van der Waals surface area contributed by atoms with E-state index < -0.39 is 0 Å². The predicted octanol–water partition coefficient (Wildman–Crippen LogP) is 2.68. The minimum Gasteiger partial charge on any atom is -0.345 e. The second kappa shape index (κ2) is 3.46. The number of aromatic nitrogens is 1. The molecule has 0 aliphatic heterocycles. The molecule has 1 heterocycles. The molecule has 2 aromatic rings. The van der Waals surface area contributed by atoms with E-state index in [9.17, 15) is 0 Å². The minimum absolute atomic E-state index is 0.486. The molecule has 0 aliphatic carbocycles. The largest absolute Gasteiger partial charge is 0.345 e. The van der Waals surface area contributed by atoms with Crippen molar-refractivity contribution >= 4 is 10.9 Å². The number of benzene rings is 1. The number of nitrogens with two attached hydrogens (primary N) is 1. The fourth-order valence-electron chi connectivity index (χ4n) is 1.87. The van der Waals surface area contributed by atoms with Gasteiger partial charge in [-0.25, -0.2) is 0 Å². The van der Waals surface area contributed by atoms with Crippen LogP contribution in [0.1, 0.15) is 25.5 Å². The standard InChI is InChI=1S/C12H16N2/c1-9(2)14-8-10(7-13)11-5-3-4-6-12(11)14/h3-6,8-9H,7,13H2,1-2H3. The van der Waals surface area contributed by atoms with Gasteiger partial charge in [-0.2, -0.15) is 0 Å². The molecule has 0 atom stereocenters. The third-order valence-corrected chi connectivity index (χ3v) is 2.60. The van der Waals surface area contributed by atoms with Crippen molar-refractivity contribution < 1.29 is 0 Å². The van der Waals surface area contributed by atoms with Crippen LogP contribution in [0.15, 0.2) is 30.5 Å². The minimum atomic E-state index is 0.486. The van der Waals surface area contributed by atoms with Crippen molar-refractivity contribution in [3.63, 3.8) is 0 Å². The lowest BCUT2D eigenvalue weighted by Crippen LogP contribution is -1.98. The van der Waals surface area contributed by atoms with E-state index >= 15 is 0 Å². The molecular weight excluding hydrogens is 172 g/mol. The molecule has 2 heteroatoms. The molecule has 2 N–H and O–H groups in total. The molecule has 0 spiro atoms. The van der Waals surface area contributed by atoms with Gasteiger partial charge in [-0.05, 0) is 25.5 Å². The summed E-state index contributed by atoms with van der Waals surface area (Å²) in [6.07, 6.45) is 2.16. The average molecular weight is 188 g/mol. The highest BCUT2D eigenvalue weighted by Gasteiger charge is 2.07. The Bertz CT molecular complexity index is 441. The second-order valence-electron chi connectivity index (χ2n) is 3.88. The lowest BCUT2D eigenvalue weighted by Gasteiger charge is -2.08. The number of para-hydroxylation sites is 1. The summed E-state index contributed by atoms with van der Waals surface area (Å²) in [5.74, 6) is 0. The van der Waals surface area contributed by atoms with Crippen LogP contribution in [0.3, 0.4) is 0 Å². The van der Waals surface area contributed by atoms with Gasteiger partial charge in [0.15, 0.2) is 0 Å². The Hall–Kier alpha value is -1.28. The van der Waals surface area contributed by atoms with E-state index in [4.69, 9.17) is 5.73 Å². The summed E-state index contributed by atoms with van der Waals surface area (Å²) in [5, 5.41) is 1.28. The fraction of sp³-hybridized carbons (Fsp3) is 0.333. The van der Waals surface area contributed by atoms with Gasteiger partial charge < -0.3 is 10.3 Å². The van der Waals surface area contributed by atoms with Crippen molar-refractivity contribution in [1.82, 2.24) is 4.57 Å². The van der Waals surface area contributed by atoms with Crippen molar-refractivity contribution in [3.05, 3.63) is 36.0 Å². The molecule has 0 fully saturated rings. The SMILES string of the molecule is CC(C)n1cc(CN)c2ccccc21. The van der Waals surface area contributed by atoms with Crippen molar-refractivity contribution in [2.24, 2.45) is 5.73 Å². The Balaban J connectivity index is 2.73. The van der Waals surface area contributed by atoms with Gasteiger partial charge in [-0.3, -0.25) is 0 Å². The van der Waals surface area contributed by atoms with Crippen LogP contribution in [0.4, 0.5) is 0 Å². The summed E-state index contributed by atoms with van der Waals surface area (Å²) in [5.41, 5.74) is 8.23. The maximum atomic E-state index is 5.72. The second-order valence-corrected chi connectivity index (χ2v) is 3.88. The monoisotopic (exact) mass is 188 g/mol. The molecule has 0 unspecified atom stereocenters. The van der Waals surface area contributed by atoms with Gasteiger partial charge in [-0.1, -0.05) is 18.2 Å². The van der Waals surface area contributed by atoms with Crippen molar-refractivity contribution in [2.75, 3.05) is 0 Å². The maximum Gasteiger partial charge on any atom is 0.0486 e. The lowest BCUT2D eigenvalue weighted by atomic mass is 10.2. The summed E-state index contributed by atoms with van der Waals surface area (Å²) in [6, 6.07) is 8.90. The van der Waals surface area contributed by atoms with E-state index in [0.29, 0.717) is 12.6 Å². The fourth-order valence-corrected chi connectivity index (χ4v) is 1.87. The molecule has 0 amide bonds. The Kier molecular flexibility index (Phi) is 2.30. The van der Waals surface area contributed by atoms with Crippen LogP contribution in [0.5, 0.6) is 0 Å². The van der Waals surface area contributed by atoms with Crippen LogP contribution >= 0.6 is 0 Å². The zero-order chi connectivity index (χ0) is 10.1. The third-order valence-electron chi connectivity index (χ3n) is 2.60. The van der Waals surface area contributed by atoms with Crippen LogP contribution in [-0.2, 0) is 6.54 Å². The van der Waals surface area contributed by atoms with E-state index in [1.54, 1.807) is 0 Å².